The zero-order chi connectivity index (χ0) is 49.4. The number of aromatic hydroxyl groups is 1. The summed E-state index contributed by atoms with van der Waals surface area (Å²) in [6.45, 7) is 4.63. The number of phenols is 1. The highest BCUT2D eigenvalue weighted by Gasteiger charge is 2.41. The van der Waals surface area contributed by atoms with Crippen molar-refractivity contribution in [3.63, 3.8) is 0 Å². The Hall–Kier alpha value is -6.68. The predicted octanol–water partition coefficient (Wildman–Crippen LogP) is -0.968. The Labute approximate surface area is 388 Å². The summed E-state index contributed by atoms with van der Waals surface area (Å²) in [7, 11) is 0. The van der Waals surface area contributed by atoms with Crippen molar-refractivity contribution in [3.8, 4) is 5.75 Å². The predicted molar refractivity (Wildman–Crippen MR) is 244 cm³/mol. The number of ketones is 1. The first kappa shape index (κ1) is 52.9. The highest BCUT2D eigenvalue weighted by molar-refractivity contribution is 6.07. The Kier molecular flexibility index (Phi) is 20.0. The van der Waals surface area contributed by atoms with E-state index in [1.807, 2.05) is 13.8 Å². The Morgan fingerprint density at radius 3 is 1.93 bits per heavy atom. The average molecular weight is 938 g/mol. The number of anilines is 1. The third-order valence-corrected chi connectivity index (χ3v) is 11.3. The van der Waals surface area contributed by atoms with E-state index in [9.17, 15) is 53.0 Å². The molecule has 366 valence electrons. The highest BCUT2D eigenvalue weighted by atomic mass is 19.1. The van der Waals surface area contributed by atoms with E-state index >= 15 is 0 Å². The first-order valence-electron chi connectivity index (χ1n) is 22.4. The van der Waals surface area contributed by atoms with Crippen LogP contribution in [0, 0.1) is 11.7 Å². The molecule has 0 radical (unpaired) electrons. The van der Waals surface area contributed by atoms with Crippen molar-refractivity contribution in [2.24, 2.45) is 28.1 Å². The van der Waals surface area contributed by atoms with E-state index < -0.39 is 108 Å². The van der Waals surface area contributed by atoms with Crippen molar-refractivity contribution >= 4 is 58.8 Å². The number of rotatable bonds is 23. The maximum absolute atomic E-state index is 14.4. The van der Waals surface area contributed by atoms with Gasteiger partial charge in [-0.15, -0.1) is 0 Å². The largest absolute Gasteiger partial charge is 0.508 e. The van der Waals surface area contributed by atoms with Gasteiger partial charge in [-0.25, -0.2) is 4.39 Å². The summed E-state index contributed by atoms with van der Waals surface area (Å²) < 4.78 is 13.4. The fourth-order valence-electron chi connectivity index (χ4n) is 7.92. The van der Waals surface area contributed by atoms with E-state index in [1.165, 1.54) is 41.0 Å². The molecule has 2 saturated heterocycles. The number of nitrogens with one attached hydrogen (secondary N) is 5. The van der Waals surface area contributed by atoms with Gasteiger partial charge in [0.2, 0.25) is 41.4 Å². The molecule has 2 fully saturated rings. The van der Waals surface area contributed by atoms with E-state index in [2.05, 4.69) is 31.6 Å². The lowest BCUT2D eigenvalue weighted by Gasteiger charge is -2.32. The fraction of sp³-hybridized carbons (Fsp3) is 0.533. The summed E-state index contributed by atoms with van der Waals surface area (Å²) >= 11 is 0. The van der Waals surface area contributed by atoms with Crippen molar-refractivity contribution in [1.29, 1.82) is 0 Å². The van der Waals surface area contributed by atoms with Crippen LogP contribution in [0.4, 0.5) is 10.1 Å². The second-order valence-electron chi connectivity index (χ2n) is 17.2. The summed E-state index contributed by atoms with van der Waals surface area (Å²) in [6, 6.07) is 2.68. The topological polar surface area (TPSA) is 334 Å². The van der Waals surface area contributed by atoms with Gasteiger partial charge < -0.3 is 63.8 Å². The lowest BCUT2D eigenvalue weighted by molar-refractivity contribution is -0.143. The van der Waals surface area contributed by atoms with Gasteiger partial charge in [0.15, 0.2) is 11.7 Å². The summed E-state index contributed by atoms with van der Waals surface area (Å²) in [5.74, 6) is -6.27. The van der Waals surface area contributed by atoms with Crippen LogP contribution in [0.25, 0.3) is 0 Å². The number of benzene rings is 2. The molecule has 21 nitrogen and oxygen atoms in total. The first-order valence-corrected chi connectivity index (χ1v) is 22.4. The number of carbonyl (C=O) groups is 8. The number of nitrogens with two attached hydrogens (primary N) is 3. The molecule has 2 aliphatic rings. The Bertz CT molecular complexity index is 2100. The third kappa shape index (κ3) is 16.0. The van der Waals surface area contributed by atoms with Gasteiger partial charge in [0, 0.05) is 31.7 Å². The molecule has 0 bridgehead atoms. The molecule has 2 heterocycles. The van der Waals surface area contributed by atoms with Crippen LogP contribution >= 0.6 is 0 Å². The van der Waals surface area contributed by atoms with Gasteiger partial charge in [-0.1, -0.05) is 26.0 Å². The number of Topliss-reactive ketones (excluding diaryl/α,β-unsaturated/α-hetero) is 1. The molecule has 7 atom stereocenters. The minimum atomic E-state index is -1.46. The van der Waals surface area contributed by atoms with Crippen molar-refractivity contribution in [2.75, 3.05) is 31.6 Å². The van der Waals surface area contributed by atoms with Crippen LogP contribution in [-0.4, -0.2) is 142 Å². The second kappa shape index (κ2) is 25.3. The van der Waals surface area contributed by atoms with Gasteiger partial charge in [0.1, 0.15) is 41.8 Å². The van der Waals surface area contributed by atoms with Crippen molar-refractivity contribution in [3.05, 3.63) is 59.9 Å². The monoisotopic (exact) mass is 937 g/mol. The number of halogens is 1. The van der Waals surface area contributed by atoms with Crippen molar-refractivity contribution in [2.45, 2.75) is 121 Å². The van der Waals surface area contributed by atoms with Crippen LogP contribution in [0.3, 0.4) is 0 Å². The molecule has 0 spiro atoms. The summed E-state index contributed by atoms with van der Waals surface area (Å²) in [6.07, 6.45) is 1.06. The van der Waals surface area contributed by atoms with Gasteiger partial charge in [-0.3, -0.25) is 43.3 Å². The molecule has 2 aromatic carbocycles. The molecule has 0 unspecified atom stereocenters. The molecule has 67 heavy (non-hydrogen) atoms. The third-order valence-electron chi connectivity index (χ3n) is 11.3. The molecule has 4 rings (SSSR count). The maximum Gasteiger partial charge on any atom is 0.246 e. The second-order valence-corrected chi connectivity index (χ2v) is 17.2. The van der Waals surface area contributed by atoms with Crippen LogP contribution in [0.5, 0.6) is 5.75 Å². The Balaban J connectivity index is 1.52. The molecular formula is C45H64FN11O10. The van der Waals surface area contributed by atoms with E-state index in [0.717, 1.165) is 12.1 Å². The number of aliphatic hydroxyl groups excluding tert-OH is 1. The number of hydrogen-bond donors (Lipinski definition) is 10. The van der Waals surface area contributed by atoms with Gasteiger partial charge in [0.05, 0.1) is 25.1 Å². The number of nitrogens with zero attached hydrogens (tertiary/aromatic N) is 3. The van der Waals surface area contributed by atoms with E-state index in [4.69, 9.17) is 17.2 Å². The van der Waals surface area contributed by atoms with Crippen LogP contribution in [-0.2, 0) is 44.8 Å². The molecule has 0 aromatic heterocycles. The van der Waals surface area contributed by atoms with Crippen LogP contribution in [0.15, 0.2) is 53.5 Å². The summed E-state index contributed by atoms with van der Waals surface area (Å²) in [4.78, 5) is 116. The number of aliphatic imine (C=N–C) groups is 1. The van der Waals surface area contributed by atoms with E-state index in [1.54, 1.807) is 12.1 Å². The normalized spacial score (nSPS) is 17.9. The molecule has 22 heteroatoms. The highest BCUT2D eigenvalue weighted by Crippen LogP contribution is 2.24. The van der Waals surface area contributed by atoms with Crippen LogP contribution in [0.2, 0.25) is 0 Å². The standard InChI is InChI=1S/C45H64FN11O10/c1-25(2)21-32(40(63)52-31(7-4-18-50-45(48)49)43(66)56-19-5-8-35(56)37(60)23-38(61)51-29-14-12-28(46)13-15-29)53-42(65)36-9-6-20-57(36)44(67)33(22-27-10-16-30(59)17-11-27)54-41(64)34(24-58)55-39(62)26(3)47/h10-17,25-26,31-36,58-59H,4-9,18-24,47H2,1-3H3,(H,51,61)(H,52,63)(H,53,65)(H,54,64)(H,55,62)(H4,48,49,50)/t26-,31-,32-,33-,34-,35-,36+/m0/s1. The zero-order valence-electron chi connectivity index (χ0n) is 38.0. The Morgan fingerprint density at radius 1 is 0.761 bits per heavy atom. The van der Waals surface area contributed by atoms with Gasteiger partial charge >= 0.3 is 0 Å². The SMILES string of the molecule is CC(C)C[C@H](NC(=O)[C@H]1CCCN1C(=O)[C@H](Cc1ccc(O)cc1)NC(=O)[C@H](CO)NC(=O)[C@H](C)N)C(=O)N[C@@H](CCCN=C(N)N)C(=O)N1CCC[C@H]1C(=O)CC(=O)Nc1ccc(F)cc1. The minimum Gasteiger partial charge on any atom is -0.508 e. The number of hydrogen-bond acceptors (Lipinski definition) is 12. The molecular weight excluding hydrogens is 874 g/mol. The van der Waals surface area contributed by atoms with Crippen LogP contribution in [0.1, 0.15) is 77.7 Å². The molecule has 0 saturated carbocycles. The summed E-state index contributed by atoms with van der Waals surface area (Å²) in [5.41, 5.74) is 17.5. The summed E-state index contributed by atoms with van der Waals surface area (Å²) in [5, 5.41) is 32.8. The Morgan fingerprint density at radius 2 is 1.33 bits per heavy atom. The quantitative estimate of drug-likeness (QED) is 0.0278. The van der Waals surface area contributed by atoms with Gasteiger partial charge in [-0.05, 0) is 99.7 Å². The molecule has 13 N–H and O–H groups in total. The van der Waals surface area contributed by atoms with Gasteiger partial charge in [0.25, 0.3) is 0 Å². The van der Waals surface area contributed by atoms with Crippen molar-refractivity contribution < 1.29 is 53.0 Å². The number of carbonyl (C=O) groups excluding carboxylic acids is 8. The van der Waals surface area contributed by atoms with E-state index in [0.29, 0.717) is 18.4 Å². The minimum absolute atomic E-state index is 0.0374. The van der Waals surface area contributed by atoms with Gasteiger partial charge in [-0.2, -0.15) is 0 Å². The molecule has 2 aromatic rings. The lowest BCUT2D eigenvalue weighted by atomic mass is 10.0. The molecule has 2 aliphatic heterocycles. The number of guanidine groups is 1. The lowest BCUT2D eigenvalue weighted by Crippen LogP contribution is -2.60. The molecule has 7 amide bonds. The maximum atomic E-state index is 14.4. The number of aliphatic hydroxyl groups is 1. The van der Waals surface area contributed by atoms with Crippen molar-refractivity contribution in [1.82, 2.24) is 31.1 Å². The zero-order valence-corrected chi connectivity index (χ0v) is 38.0. The number of likely N-dealkylation sites (tertiary alicyclic amines) is 2. The van der Waals surface area contributed by atoms with Crippen LogP contribution < -0.4 is 43.8 Å². The number of amides is 7. The average Bonchev–Trinajstić information content (AvgIpc) is 3.98. The smallest absolute Gasteiger partial charge is 0.246 e. The molecule has 0 aliphatic carbocycles. The first-order chi connectivity index (χ1) is 31.8. The van der Waals surface area contributed by atoms with E-state index in [-0.39, 0.29) is 81.5 Å². The fourth-order valence-corrected chi connectivity index (χ4v) is 7.92. The number of phenolic OH excluding ortho intramolecular Hbond substituents is 1.